The lowest BCUT2D eigenvalue weighted by molar-refractivity contribution is -0.103. The quantitative estimate of drug-likeness (QED) is 0.848. The van der Waals surface area contributed by atoms with Crippen LogP contribution in [0.3, 0.4) is 0 Å². The lowest BCUT2D eigenvalue weighted by atomic mass is 9.78. The van der Waals surface area contributed by atoms with Crippen LogP contribution >= 0.6 is 0 Å². The van der Waals surface area contributed by atoms with E-state index in [1.54, 1.807) is 14.2 Å². The Labute approximate surface area is 159 Å². The molecule has 1 saturated carbocycles. The number of ether oxygens (including phenoxy) is 3. The molecule has 0 radical (unpaired) electrons. The SMILES string of the molecule is COc1cc2nc(NC3CCOC4(CCCCC4)C3)nc(N)c2cc1OC. The molecular weight excluding hydrogens is 344 g/mol. The van der Waals surface area contributed by atoms with Gasteiger partial charge in [0.15, 0.2) is 11.5 Å². The molecule has 2 heterocycles. The van der Waals surface area contributed by atoms with E-state index in [0.717, 1.165) is 43.2 Å². The van der Waals surface area contributed by atoms with Gasteiger partial charge in [-0.25, -0.2) is 4.98 Å². The molecule has 27 heavy (non-hydrogen) atoms. The first-order chi connectivity index (χ1) is 13.1. The number of nitrogens with zero attached hydrogens (tertiary/aromatic N) is 2. The van der Waals surface area contributed by atoms with E-state index in [4.69, 9.17) is 19.9 Å². The molecule has 1 aliphatic heterocycles. The first-order valence-electron chi connectivity index (χ1n) is 9.72. The van der Waals surface area contributed by atoms with Crippen LogP contribution in [0, 0.1) is 0 Å². The summed E-state index contributed by atoms with van der Waals surface area (Å²) < 4.78 is 16.9. The Hall–Kier alpha value is -2.28. The normalized spacial score (nSPS) is 21.9. The zero-order valence-corrected chi connectivity index (χ0v) is 16.1. The lowest BCUT2D eigenvalue weighted by Gasteiger charge is -2.43. The number of nitrogen functional groups attached to an aromatic ring is 1. The van der Waals surface area contributed by atoms with Gasteiger partial charge in [0.2, 0.25) is 5.95 Å². The van der Waals surface area contributed by atoms with E-state index in [1.165, 1.54) is 19.3 Å². The molecule has 1 aromatic heterocycles. The molecule has 1 spiro atoms. The second-order valence-corrected chi connectivity index (χ2v) is 7.58. The average Bonchev–Trinajstić information content (AvgIpc) is 2.67. The molecular formula is C20H28N4O3. The number of benzene rings is 1. The summed E-state index contributed by atoms with van der Waals surface area (Å²) in [7, 11) is 3.21. The fourth-order valence-corrected chi connectivity index (χ4v) is 4.42. The Morgan fingerprint density at radius 2 is 1.85 bits per heavy atom. The standard InChI is InChI=1S/C20H28N4O3/c1-25-16-10-14-15(11-17(16)26-2)23-19(24-18(14)21)22-13-6-9-27-20(12-13)7-4-3-5-8-20/h10-11,13H,3-9,12H2,1-2H3,(H3,21,22,23,24). The van der Waals surface area contributed by atoms with Crippen LogP contribution in [-0.2, 0) is 4.74 Å². The van der Waals surface area contributed by atoms with Crippen LogP contribution in [0.5, 0.6) is 11.5 Å². The molecule has 7 nitrogen and oxygen atoms in total. The molecule has 1 saturated heterocycles. The number of nitrogens with one attached hydrogen (secondary N) is 1. The third kappa shape index (κ3) is 3.60. The van der Waals surface area contributed by atoms with Gasteiger partial charge in [0.25, 0.3) is 0 Å². The van der Waals surface area contributed by atoms with Gasteiger partial charge in [-0.05, 0) is 31.7 Å². The Bertz CT molecular complexity index is 815. The highest BCUT2D eigenvalue weighted by Gasteiger charge is 2.38. The van der Waals surface area contributed by atoms with Gasteiger partial charge in [-0.3, -0.25) is 0 Å². The number of methoxy groups -OCH3 is 2. The van der Waals surface area contributed by atoms with Crippen molar-refractivity contribution in [2.75, 3.05) is 31.9 Å². The zero-order valence-electron chi connectivity index (χ0n) is 16.1. The van der Waals surface area contributed by atoms with Crippen molar-refractivity contribution >= 4 is 22.7 Å². The van der Waals surface area contributed by atoms with Crippen LogP contribution in [0.1, 0.15) is 44.9 Å². The highest BCUT2D eigenvalue weighted by atomic mass is 16.5. The van der Waals surface area contributed by atoms with Crippen LogP contribution in [0.2, 0.25) is 0 Å². The molecule has 146 valence electrons. The number of hydrogen-bond acceptors (Lipinski definition) is 7. The lowest BCUT2D eigenvalue weighted by Crippen LogP contribution is -2.45. The smallest absolute Gasteiger partial charge is 0.225 e. The van der Waals surface area contributed by atoms with Crippen LogP contribution in [0.4, 0.5) is 11.8 Å². The van der Waals surface area contributed by atoms with Crippen molar-refractivity contribution in [1.82, 2.24) is 9.97 Å². The Balaban J connectivity index is 1.58. The molecule has 7 heteroatoms. The van der Waals surface area contributed by atoms with Crippen LogP contribution in [0.25, 0.3) is 10.9 Å². The fourth-order valence-electron chi connectivity index (χ4n) is 4.42. The second-order valence-electron chi connectivity index (χ2n) is 7.58. The molecule has 0 amide bonds. The molecule has 2 aromatic rings. The van der Waals surface area contributed by atoms with Gasteiger partial charge in [0, 0.05) is 24.1 Å². The number of aromatic nitrogens is 2. The van der Waals surface area contributed by atoms with Crippen molar-refractivity contribution in [3.05, 3.63) is 12.1 Å². The maximum atomic E-state index is 6.20. The predicted octanol–water partition coefficient (Wildman–Crippen LogP) is 3.52. The van der Waals surface area contributed by atoms with E-state index in [1.807, 2.05) is 12.1 Å². The van der Waals surface area contributed by atoms with Gasteiger partial charge < -0.3 is 25.3 Å². The van der Waals surface area contributed by atoms with E-state index < -0.39 is 0 Å². The fraction of sp³-hybridized carbons (Fsp3) is 0.600. The summed E-state index contributed by atoms with van der Waals surface area (Å²) in [4.78, 5) is 9.15. The minimum atomic E-state index is 0.0349. The third-order valence-corrected chi connectivity index (χ3v) is 5.82. The average molecular weight is 372 g/mol. The summed E-state index contributed by atoms with van der Waals surface area (Å²) >= 11 is 0. The van der Waals surface area contributed by atoms with Crippen LogP contribution < -0.4 is 20.5 Å². The molecule has 0 bridgehead atoms. The monoisotopic (exact) mass is 372 g/mol. The second kappa shape index (κ2) is 7.38. The Morgan fingerprint density at radius 3 is 2.59 bits per heavy atom. The van der Waals surface area contributed by atoms with Gasteiger partial charge in [-0.2, -0.15) is 4.98 Å². The van der Waals surface area contributed by atoms with Gasteiger partial charge >= 0.3 is 0 Å². The third-order valence-electron chi connectivity index (χ3n) is 5.82. The highest BCUT2D eigenvalue weighted by molar-refractivity contribution is 5.91. The van der Waals surface area contributed by atoms with E-state index in [9.17, 15) is 0 Å². The minimum absolute atomic E-state index is 0.0349. The summed E-state index contributed by atoms with van der Waals surface area (Å²) in [6.45, 7) is 0.783. The molecule has 3 N–H and O–H groups in total. The summed E-state index contributed by atoms with van der Waals surface area (Å²) in [6.07, 6.45) is 8.10. The predicted molar refractivity (Wildman–Crippen MR) is 105 cm³/mol. The van der Waals surface area contributed by atoms with E-state index in [-0.39, 0.29) is 5.60 Å². The molecule has 4 rings (SSSR count). The summed E-state index contributed by atoms with van der Waals surface area (Å²) in [5, 5.41) is 4.26. The number of nitrogens with two attached hydrogens (primary N) is 1. The van der Waals surface area contributed by atoms with Crippen molar-refractivity contribution in [2.45, 2.75) is 56.6 Å². The van der Waals surface area contributed by atoms with Crippen molar-refractivity contribution in [1.29, 1.82) is 0 Å². The Kier molecular flexibility index (Phi) is 4.95. The zero-order chi connectivity index (χ0) is 18.9. The number of rotatable bonds is 4. The van der Waals surface area contributed by atoms with E-state index in [2.05, 4.69) is 15.3 Å². The van der Waals surface area contributed by atoms with Crippen LogP contribution in [-0.4, -0.2) is 42.4 Å². The summed E-state index contributed by atoms with van der Waals surface area (Å²) in [5.74, 6) is 2.24. The van der Waals surface area contributed by atoms with Gasteiger partial charge in [-0.15, -0.1) is 0 Å². The van der Waals surface area contributed by atoms with Gasteiger partial charge in [-0.1, -0.05) is 19.3 Å². The van der Waals surface area contributed by atoms with Crippen molar-refractivity contribution in [2.24, 2.45) is 0 Å². The van der Waals surface area contributed by atoms with E-state index in [0.29, 0.717) is 29.3 Å². The first-order valence-corrected chi connectivity index (χ1v) is 9.72. The molecule has 2 fully saturated rings. The summed E-state index contributed by atoms with van der Waals surface area (Å²) in [6, 6.07) is 3.96. The molecule has 1 unspecified atom stereocenters. The van der Waals surface area contributed by atoms with Gasteiger partial charge in [0.05, 0.1) is 25.3 Å². The van der Waals surface area contributed by atoms with Crippen molar-refractivity contribution < 1.29 is 14.2 Å². The first kappa shape index (κ1) is 18.1. The number of hydrogen-bond donors (Lipinski definition) is 2. The largest absolute Gasteiger partial charge is 0.493 e. The topological polar surface area (TPSA) is 91.5 Å². The van der Waals surface area contributed by atoms with Crippen LogP contribution in [0.15, 0.2) is 12.1 Å². The van der Waals surface area contributed by atoms with Gasteiger partial charge in [0.1, 0.15) is 5.82 Å². The molecule has 1 aromatic carbocycles. The Morgan fingerprint density at radius 1 is 1.11 bits per heavy atom. The minimum Gasteiger partial charge on any atom is -0.493 e. The number of anilines is 2. The number of fused-ring (bicyclic) bond motifs is 1. The molecule has 2 aliphatic rings. The van der Waals surface area contributed by atoms with Crippen molar-refractivity contribution in [3.8, 4) is 11.5 Å². The molecule has 1 aliphatic carbocycles. The van der Waals surface area contributed by atoms with Crippen molar-refractivity contribution in [3.63, 3.8) is 0 Å². The summed E-state index contributed by atoms with van der Waals surface area (Å²) in [5.41, 5.74) is 6.97. The maximum Gasteiger partial charge on any atom is 0.225 e. The maximum absolute atomic E-state index is 6.20. The highest BCUT2D eigenvalue weighted by Crippen LogP contribution is 2.39. The van der Waals surface area contributed by atoms with E-state index >= 15 is 0 Å². The molecule has 1 atom stereocenters.